The van der Waals surface area contributed by atoms with Crippen LogP contribution in [0.1, 0.15) is 23.2 Å². The Balaban J connectivity index is 2.32. The largest absolute Gasteiger partial charge is 0.298 e. The van der Waals surface area contributed by atoms with E-state index in [4.69, 9.17) is 0 Å². The third-order valence-electron chi connectivity index (χ3n) is 2.63. The standard InChI is InChI=1S/C12H9FO3/c13-8-3-1-2-7(6-8)12(16)11-9(14)4-5-10(11)15/h1-3,6,11H,4-5H2. The van der Waals surface area contributed by atoms with Crippen molar-refractivity contribution in [2.75, 3.05) is 0 Å². The highest BCUT2D eigenvalue weighted by atomic mass is 19.1. The highest BCUT2D eigenvalue weighted by Gasteiger charge is 2.38. The van der Waals surface area contributed by atoms with Crippen molar-refractivity contribution >= 4 is 17.3 Å². The zero-order chi connectivity index (χ0) is 11.7. The van der Waals surface area contributed by atoms with Gasteiger partial charge in [0.1, 0.15) is 11.7 Å². The summed E-state index contributed by atoms with van der Waals surface area (Å²) in [5.41, 5.74) is 0.0774. The Kier molecular flexibility index (Phi) is 2.64. The lowest BCUT2D eigenvalue weighted by Gasteiger charge is -2.05. The summed E-state index contributed by atoms with van der Waals surface area (Å²) in [7, 11) is 0. The zero-order valence-electron chi connectivity index (χ0n) is 8.40. The number of benzene rings is 1. The molecule has 0 spiro atoms. The van der Waals surface area contributed by atoms with Crippen molar-refractivity contribution in [1.82, 2.24) is 0 Å². The summed E-state index contributed by atoms with van der Waals surface area (Å²) in [5, 5.41) is 0. The van der Waals surface area contributed by atoms with Gasteiger partial charge in [-0.2, -0.15) is 0 Å². The summed E-state index contributed by atoms with van der Waals surface area (Å²) >= 11 is 0. The van der Waals surface area contributed by atoms with Crippen LogP contribution in [0.4, 0.5) is 4.39 Å². The highest BCUT2D eigenvalue weighted by Crippen LogP contribution is 2.22. The predicted octanol–water partition coefficient (Wildman–Crippen LogP) is 1.56. The van der Waals surface area contributed by atoms with Crippen LogP contribution in [0.25, 0.3) is 0 Å². The second-order valence-corrected chi connectivity index (χ2v) is 3.74. The van der Waals surface area contributed by atoms with E-state index >= 15 is 0 Å². The summed E-state index contributed by atoms with van der Waals surface area (Å²) < 4.78 is 12.9. The molecular formula is C12H9FO3. The topological polar surface area (TPSA) is 51.2 Å². The Hall–Kier alpha value is -1.84. The van der Waals surface area contributed by atoms with E-state index < -0.39 is 17.5 Å². The average molecular weight is 220 g/mol. The van der Waals surface area contributed by atoms with E-state index in [0.717, 1.165) is 6.07 Å². The molecule has 16 heavy (non-hydrogen) atoms. The number of hydrogen-bond donors (Lipinski definition) is 0. The number of ketones is 3. The third-order valence-corrected chi connectivity index (χ3v) is 2.63. The van der Waals surface area contributed by atoms with Crippen LogP contribution in [0.2, 0.25) is 0 Å². The molecule has 0 unspecified atom stereocenters. The van der Waals surface area contributed by atoms with Crippen LogP contribution in [0.3, 0.4) is 0 Å². The van der Waals surface area contributed by atoms with Crippen molar-refractivity contribution in [3.05, 3.63) is 35.6 Å². The number of carbonyl (C=O) groups is 3. The van der Waals surface area contributed by atoms with E-state index in [0.29, 0.717) is 0 Å². The molecule has 0 bridgehead atoms. The molecule has 0 aliphatic heterocycles. The molecule has 2 rings (SSSR count). The van der Waals surface area contributed by atoms with Gasteiger partial charge in [-0.3, -0.25) is 14.4 Å². The lowest BCUT2D eigenvalue weighted by Crippen LogP contribution is -2.25. The van der Waals surface area contributed by atoms with Gasteiger partial charge in [-0.1, -0.05) is 12.1 Å². The lowest BCUT2D eigenvalue weighted by atomic mass is 9.95. The van der Waals surface area contributed by atoms with E-state index in [-0.39, 0.29) is 30.0 Å². The molecule has 0 atom stereocenters. The van der Waals surface area contributed by atoms with Gasteiger partial charge in [0.25, 0.3) is 0 Å². The fourth-order valence-corrected chi connectivity index (χ4v) is 1.82. The Morgan fingerprint density at radius 3 is 2.38 bits per heavy atom. The Bertz CT molecular complexity index is 463. The van der Waals surface area contributed by atoms with Crippen LogP contribution < -0.4 is 0 Å². The zero-order valence-corrected chi connectivity index (χ0v) is 8.40. The van der Waals surface area contributed by atoms with Gasteiger partial charge in [0, 0.05) is 18.4 Å². The number of halogens is 1. The average Bonchev–Trinajstić information content (AvgIpc) is 2.58. The highest BCUT2D eigenvalue weighted by molar-refractivity contribution is 6.27. The van der Waals surface area contributed by atoms with Gasteiger partial charge in [-0.05, 0) is 12.1 Å². The number of carbonyl (C=O) groups excluding carboxylic acids is 3. The maximum absolute atomic E-state index is 12.9. The molecular weight excluding hydrogens is 211 g/mol. The molecule has 1 saturated carbocycles. The molecule has 4 heteroatoms. The minimum absolute atomic E-state index is 0.0774. The number of hydrogen-bond acceptors (Lipinski definition) is 3. The molecule has 3 nitrogen and oxygen atoms in total. The summed E-state index contributed by atoms with van der Waals surface area (Å²) in [6, 6.07) is 5.03. The van der Waals surface area contributed by atoms with Crippen molar-refractivity contribution in [1.29, 1.82) is 0 Å². The Morgan fingerprint density at radius 1 is 1.19 bits per heavy atom. The molecule has 82 valence electrons. The predicted molar refractivity (Wildman–Crippen MR) is 53.5 cm³/mol. The fourth-order valence-electron chi connectivity index (χ4n) is 1.82. The SMILES string of the molecule is O=C1CCC(=O)C1C(=O)c1cccc(F)c1. The van der Waals surface area contributed by atoms with Crippen LogP contribution in [-0.2, 0) is 9.59 Å². The minimum atomic E-state index is -1.21. The summed E-state index contributed by atoms with van der Waals surface area (Å²) in [6.07, 6.45) is 0.231. The molecule has 0 amide bonds. The molecule has 0 saturated heterocycles. The first-order valence-electron chi connectivity index (χ1n) is 4.95. The molecule has 0 aromatic heterocycles. The van der Waals surface area contributed by atoms with Crippen LogP contribution in [-0.4, -0.2) is 17.3 Å². The van der Waals surface area contributed by atoms with E-state index in [1.165, 1.54) is 18.2 Å². The lowest BCUT2D eigenvalue weighted by molar-refractivity contribution is -0.125. The van der Waals surface area contributed by atoms with E-state index in [9.17, 15) is 18.8 Å². The minimum Gasteiger partial charge on any atom is -0.298 e. The molecule has 0 N–H and O–H groups in total. The van der Waals surface area contributed by atoms with Crippen LogP contribution >= 0.6 is 0 Å². The Labute approximate surface area is 91.3 Å². The number of Topliss-reactive ketones (excluding diaryl/α,β-unsaturated/α-hetero) is 3. The van der Waals surface area contributed by atoms with E-state index in [1.807, 2.05) is 0 Å². The molecule has 1 aromatic rings. The summed E-state index contributed by atoms with van der Waals surface area (Å²) in [6.45, 7) is 0. The fraction of sp³-hybridized carbons (Fsp3) is 0.250. The first-order chi connectivity index (χ1) is 7.59. The summed E-state index contributed by atoms with van der Waals surface area (Å²) in [4.78, 5) is 34.5. The molecule has 1 aliphatic rings. The van der Waals surface area contributed by atoms with Gasteiger partial charge in [0.15, 0.2) is 17.3 Å². The first kappa shape index (κ1) is 10.7. The maximum Gasteiger partial charge on any atom is 0.180 e. The number of rotatable bonds is 2. The summed E-state index contributed by atoms with van der Waals surface area (Å²) in [5.74, 6) is -3.07. The second kappa shape index (κ2) is 3.96. The van der Waals surface area contributed by atoms with Crippen molar-refractivity contribution in [3.63, 3.8) is 0 Å². The smallest absolute Gasteiger partial charge is 0.180 e. The maximum atomic E-state index is 12.9. The van der Waals surface area contributed by atoms with Crippen LogP contribution in [0, 0.1) is 11.7 Å². The van der Waals surface area contributed by atoms with Crippen molar-refractivity contribution in [2.45, 2.75) is 12.8 Å². The van der Waals surface area contributed by atoms with Crippen molar-refractivity contribution in [3.8, 4) is 0 Å². The molecule has 0 radical (unpaired) electrons. The van der Waals surface area contributed by atoms with Gasteiger partial charge in [-0.15, -0.1) is 0 Å². The monoisotopic (exact) mass is 220 g/mol. The van der Waals surface area contributed by atoms with Gasteiger partial charge in [-0.25, -0.2) is 4.39 Å². The quantitative estimate of drug-likeness (QED) is 0.561. The van der Waals surface area contributed by atoms with E-state index in [1.54, 1.807) is 0 Å². The van der Waals surface area contributed by atoms with Crippen LogP contribution in [0.5, 0.6) is 0 Å². The normalized spacial score (nSPS) is 16.8. The van der Waals surface area contributed by atoms with Crippen molar-refractivity contribution in [2.24, 2.45) is 5.92 Å². The molecule has 1 fully saturated rings. The van der Waals surface area contributed by atoms with Gasteiger partial charge in [0.2, 0.25) is 0 Å². The van der Waals surface area contributed by atoms with Crippen molar-refractivity contribution < 1.29 is 18.8 Å². The van der Waals surface area contributed by atoms with Gasteiger partial charge >= 0.3 is 0 Å². The van der Waals surface area contributed by atoms with Gasteiger partial charge in [0.05, 0.1) is 0 Å². The Morgan fingerprint density at radius 2 is 1.81 bits per heavy atom. The molecule has 1 aliphatic carbocycles. The third kappa shape index (κ3) is 1.78. The van der Waals surface area contributed by atoms with Gasteiger partial charge < -0.3 is 0 Å². The van der Waals surface area contributed by atoms with Crippen LogP contribution in [0.15, 0.2) is 24.3 Å². The van der Waals surface area contributed by atoms with E-state index in [2.05, 4.69) is 0 Å². The molecule has 1 aromatic carbocycles. The second-order valence-electron chi connectivity index (χ2n) is 3.74. The molecule has 0 heterocycles. The first-order valence-corrected chi connectivity index (χ1v) is 4.95.